The van der Waals surface area contributed by atoms with Crippen molar-refractivity contribution in [3.63, 3.8) is 0 Å². The zero-order valence-electron chi connectivity index (χ0n) is 72.7. The van der Waals surface area contributed by atoms with Crippen LogP contribution in [-0.4, -0.2) is 116 Å². The van der Waals surface area contributed by atoms with E-state index in [1.807, 2.05) is 143 Å². The highest BCUT2D eigenvalue weighted by Crippen LogP contribution is 2.30. The first kappa shape index (κ1) is 101. The van der Waals surface area contributed by atoms with Gasteiger partial charge in [-0.15, -0.1) is 11.6 Å². The minimum Gasteiger partial charge on any atom is -0.497 e. The van der Waals surface area contributed by atoms with Crippen LogP contribution >= 0.6 is 11.6 Å². The number of carboxylic acids is 5. The number of hydrogen-bond donors (Lipinski definition) is 7. The number of carboxylic acid groups (broad SMARTS) is 5. The summed E-state index contributed by atoms with van der Waals surface area (Å²) < 4.78 is 19.5. The van der Waals surface area contributed by atoms with Crippen molar-refractivity contribution < 1.29 is 102 Å². The number of halogens is 1. The van der Waals surface area contributed by atoms with Crippen molar-refractivity contribution in [2.75, 3.05) is 32.4 Å². The molecule has 1 amide bonds. The number of aryl methyl sites for hydroxylation is 10. The first-order chi connectivity index (χ1) is 62.0. The molecule has 0 radical (unpaired) electrons. The van der Waals surface area contributed by atoms with E-state index in [9.17, 15) is 83.5 Å². The van der Waals surface area contributed by atoms with E-state index in [1.165, 1.54) is 75.7 Å². The van der Waals surface area contributed by atoms with Crippen molar-refractivity contribution in [2.45, 2.75) is 99.0 Å². The SMILES string of the molecule is CC(=O)Cc1ccc2c(c1)CCc1ccc(C)cc1C2=O.CC(=O)Nc1cccc(CCc2ccc(C)cc2C(=O)O)c1.COc1ccc(C=O)c(C(=O)O)c1.COc1ccc2c(c1)C(=O)OC2.COc1cccc(C(=O)O)c1.Cc1ccc(/C=C/c2cccc([N+](=O)[O-])c2)c(C(=O)O)c1.Cc1ccc(CCc2cccc(N)c2)c(C(=O)O)c1.O=[N+]([O-])c1cccc(CCl)c1. The average Bonchev–Trinajstić information content (AvgIpc) is 1.63. The molecule has 130 heavy (non-hydrogen) atoms. The van der Waals surface area contributed by atoms with E-state index in [4.69, 9.17) is 46.5 Å². The molecule has 1 aliphatic heterocycles. The van der Waals surface area contributed by atoms with Crippen molar-refractivity contribution in [2.24, 2.45) is 0 Å². The molecule has 8 N–H and O–H groups in total. The molecule has 1 heterocycles. The van der Waals surface area contributed by atoms with Crippen LogP contribution in [0.25, 0.3) is 12.2 Å². The molecule has 0 saturated heterocycles. The lowest BCUT2D eigenvalue weighted by atomic mass is 9.95. The van der Waals surface area contributed by atoms with Crippen molar-refractivity contribution in [3.8, 4) is 17.2 Å². The number of nitro groups is 2. The van der Waals surface area contributed by atoms with Crippen LogP contribution < -0.4 is 25.3 Å². The Balaban J connectivity index is 0.000000206. The second kappa shape index (κ2) is 50.2. The number of esters is 1. The number of benzene rings is 12. The van der Waals surface area contributed by atoms with Crippen LogP contribution in [0.3, 0.4) is 0 Å². The molecule has 0 fully saturated rings. The third kappa shape index (κ3) is 31.9. The third-order valence-corrected chi connectivity index (χ3v) is 20.0. The van der Waals surface area contributed by atoms with Crippen molar-refractivity contribution in [1.29, 1.82) is 0 Å². The summed E-state index contributed by atoms with van der Waals surface area (Å²) in [5.41, 5.74) is 24.6. The molecule has 27 nitrogen and oxygen atoms in total. The number of nitro benzene ring substituents is 2. The van der Waals surface area contributed by atoms with Gasteiger partial charge in [0.1, 0.15) is 29.6 Å². The van der Waals surface area contributed by atoms with Gasteiger partial charge in [0.05, 0.1) is 64.6 Å². The van der Waals surface area contributed by atoms with Crippen molar-refractivity contribution in [1.82, 2.24) is 0 Å². The second-order valence-electron chi connectivity index (χ2n) is 29.6. The summed E-state index contributed by atoms with van der Waals surface area (Å²) in [5, 5.41) is 68.6. The molecule has 14 rings (SSSR count). The van der Waals surface area contributed by atoms with Gasteiger partial charge in [0.2, 0.25) is 5.91 Å². The van der Waals surface area contributed by atoms with Crippen LogP contribution in [-0.2, 0) is 71.8 Å². The molecule has 2 aliphatic rings. The van der Waals surface area contributed by atoms with Gasteiger partial charge in [-0.3, -0.25) is 39.4 Å². The molecule has 670 valence electrons. The van der Waals surface area contributed by atoms with Crippen LogP contribution in [0.2, 0.25) is 0 Å². The number of nitrogens with one attached hydrogen (secondary N) is 1. The number of rotatable bonds is 23. The highest BCUT2D eigenvalue weighted by atomic mass is 35.5. The summed E-state index contributed by atoms with van der Waals surface area (Å²) in [6, 6.07) is 71.8. The van der Waals surface area contributed by atoms with Gasteiger partial charge in [0.25, 0.3) is 11.4 Å². The number of carbonyl (C=O) groups is 10. The predicted octanol–water partition coefficient (Wildman–Crippen LogP) is 20.0. The Morgan fingerprint density at radius 1 is 0.454 bits per heavy atom. The Kier molecular flexibility index (Phi) is 39.0. The number of ketones is 2. The van der Waals surface area contributed by atoms with E-state index >= 15 is 0 Å². The summed E-state index contributed by atoms with van der Waals surface area (Å²) in [6.45, 7) is 11.1. The number of non-ortho nitro benzene ring substituents is 2. The molecule has 0 unspecified atom stereocenters. The van der Waals surface area contributed by atoms with Gasteiger partial charge in [0.15, 0.2) is 12.1 Å². The molecule has 12 aromatic carbocycles. The number of carbonyl (C=O) groups excluding carboxylic acids is 5. The third-order valence-electron chi connectivity index (χ3n) is 19.7. The molecule has 28 heteroatoms. The van der Waals surface area contributed by atoms with Gasteiger partial charge >= 0.3 is 35.8 Å². The monoisotopic (exact) mass is 1780 g/mol. The van der Waals surface area contributed by atoms with E-state index in [2.05, 4.69) is 17.4 Å². The molecule has 12 aromatic rings. The second-order valence-corrected chi connectivity index (χ2v) is 29.8. The number of fused-ring (bicyclic) bond motifs is 3. The standard InChI is InChI=1S/C19H18O2.C18H19NO3.C16H13NO4.C16H17NO2.C9H8O4.C9H8O3.C8H8O3.C7H6ClNO2/c1-12-3-5-15-6-7-16-11-14(10-13(2)20)4-8-17(16)19(21)18(15)9-12;1-12-6-8-15(17(10-12)18(21)22)9-7-14-4-3-5-16(11-14)19-13(2)20;1-11-5-7-13(15(9-11)16(18)19)8-6-12-3-2-4-14(10-12)17(20)21;1-11-5-7-13(15(9-11)16(18)19)8-6-12-3-2-4-14(17)10-12;1-13-7-3-2-6(5-10)8(4-7)9(11)12;1-11-7-3-2-6-5-12-9(10)8(6)4-7;1-11-7-4-2-3-6(5-7)8(9)10;8-5-6-2-1-3-7(4-6)9(10)11/h3-5,8-9,11H,6-7,10H2,1-2H3;3-6,8,10-11H,7,9H2,1-2H3,(H,19,20)(H,21,22);2-10H,1H3,(H,18,19);2-5,7,9-10H,6,8,17H2,1H3,(H,18,19);2-5H,1H3,(H,11,12);2-4H,5H2,1H3;2-5H,1H3,(H,9,10);1-4H,5H2/b;;8-6+;;;;;. The first-order valence-electron chi connectivity index (χ1n) is 40.3. The van der Waals surface area contributed by atoms with Crippen LogP contribution in [0, 0.1) is 47.9 Å². The average molecular weight is 1780 g/mol. The summed E-state index contributed by atoms with van der Waals surface area (Å²) >= 11 is 5.48. The Bertz CT molecular complexity index is 6120. The molecule has 0 atom stereocenters. The van der Waals surface area contributed by atoms with Crippen LogP contribution in [0.15, 0.2) is 249 Å². The maximum Gasteiger partial charge on any atom is 0.339 e. The molecule has 0 saturated carbocycles. The normalized spacial score (nSPS) is 10.9. The Morgan fingerprint density at radius 3 is 1.52 bits per heavy atom. The number of nitrogen functional groups attached to an aromatic ring is 1. The number of aromatic carboxylic acids is 5. The highest BCUT2D eigenvalue weighted by Gasteiger charge is 2.24. The number of alkyl halides is 1. The summed E-state index contributed by atoms with van der Waals surface area (Å²) in [6.07, 6.45) is 8.81. The lowest BCUT2D eigenvalue weighted by molar-refractivity contribution is -0.385. The van der Waals surface area contributed by atoms with E-state index < -0.39 is 39.7 Å². The van der Waals surface area contributed by atoms with Gasteiger partial charge < -0.3 is 55.5 Å². The zero-order valence-corrected chi connectivity index (χ0v) is 73.5. The Hall–Kier alpha value is -16.0. The van der Waals surface area contributed by atoms with Gasteiger partial charge in [-0.2, -0.15) is 0 Å². The number of nitrogens with zero attached hydrogens (tertiary/aromatic N) is 2. The van der Waals surface area contributed by atoms with Crippen LogP contribution in [0.4, 0.5) is 22.7 Å². The quantitative estimate of drug-likeness (QED) is 0.00595. The zero-order chi connectivity index (χ0) is 95.3. The molecule has 0 spiro atoms. The number of amides is 1. The minimum absolute atomic E-state index is 0.000450. The number of ether oxygens (including phenoxy) is 4. The van der Waals surface area contributed by atoms with Crippen LogP contribution in [0.1, 0.15) is 186 Å². The number of hydrogen-bond acceptors (Lipinski definition) is 19. The lowest BCUT2D eigenvalue weighted by Gasteiger charge is -2.09. The largest absolute Gasteiger partial charge is 0.497 e. The minimum atomic E-state index is -1.14. The number of methoxy groups -OCH3 is 3. The summed E-state index contributed by atoms with van der Waals surface area (Å²) in [4.78, 5) is 131. The lowest BCUT2D eigenvalue weighted by Crippen LogP contribution is -2.06. The van der Waals surface area contributed by atoms with Gasteiger partial charge in [0, 0.05) is 77.1 Å². The predicted molar refractivity (Wildman–Crippen MR) is 496 cm³/mol. The fourth-order valence-electron chi connectivity index (χ4n) is 13.1. The first-order valence-corrected chi connectivity index (χ1v) is 40.8. The molecule has 0 bridgehead atoms. The molecule has 0 aromatic heterocycles. The highest BCUT2D eigenvalue weighted by molar-refractivity contribution is 6.17. The van der Waals surface area contributed by atoms with Crippen molar-refractivity contribution in [3.05, 3.63) is 402 Å². The summed E-state index contributed by atoms with van der Waals surface area (Å²) in [7, 11) is 4.50. The van der Waals surface area contributed by atoms with Crippen molar-refractivity contribution >= 4 is 106 Å². The maximum absolute atomic E-state index is 12.7. The molecular weight excluding hydrogens is 1680 g/mol. The Morgan fingerprint density at radius 2 is 0.954 bits per heavy atom. The van der Waals surface area contributed by atoms with Gasteiger partial charge in [-0.05, 0) is 226 Å². The number of aldehydes is 1. The van der Waals surface area contributed by atoms with Crippen LogP contribution in [0.5, 0.6) is 17.2 Å². The molecule has 1 aliphatic carbocycles. The number of nitrogens with two attached hydrogens (primary N) is 1. The smallest absolute Gasteiger partial charge is 0.339 e. The van der Waals surface area contributed by atoms with Gasteiger partial charge in [-0.25, -0.2) is 28.8 Å². The number of anilines is 2. The van der Waals surface area contributed by atoms with E-state index in [0.717, 1.165) is 121 Å². The molecular formula is C102H97ClN4O23. The fourth-order valence-corrected chi connectivity index (χ4v) is 13.3. The van der Waals surface area contributed by atoms with Gasteiger partial charge in [-0.1, -0.05) is 162 Å². The maximum atomic E-state index is 12.7. The number of Topliss-reactive ketones (excluding diaryl/α,β-unsaturated/α-hetero) is 1. The Labute approximate surface area is 755 Å². The van der Waals surface area contributed by atoms with E-state index in [0.29, 0.717) is 83.1 Å². The van der Waals surface area contributed by atoms with E-state index in [1.54, 1.807) is 92.9 Å². The topological polar surface area (TPSA) is 433 Å². The van der Waals surface area contributed by atoms with E-state index in [-0.39, 0.29) is 57.1 Å². The fraction of sp³-hybridized carbons (Fsp3) is 0.176. The summed E-state index contributed by atoms with van der Waals surface area (Å²) in [5.74, 6) is -2.99. The number of cyclic esters (lactones) is 1.